The molecule has 0 aliphatic heterocycles. The Labute approximate surface area is 136 Å². The third-order valence-corrected chi connectivity index (χ3v) is 3.71. The van der Waals surface area contributed by atoms with Gasteiger partial charge in [0.25, 0.3) is 0 Å². The molecule has 2 heterocycles. The Morgan fingerprint density at radius 2 is 1.83 bits per heavy atom. The van der Waals surface area contributed by atoms with Gasteiger partial charge in [-0.25, -0.2) is 4.98 Å². The van der Waals surface area contributed by atoms with Crippen LogP contribution in [0.25, 0.3) is 11.1 Å². The molecule has 0 aliphatic rings. The molecular formula is C19H19N3O. The van der Waals surface area contributed by atoms with E-state index in [1.54, 1.807) is 19.4 Å². The average molecular weight is 305 g/mol. The average Bonchev–Trinajstić information content (AvgIpc) is 2.60. The van der Waals surface area contributed by atoms with Gasteiger partial charge in [0.2, 0.25) is 0 Å². The Bertz CT molecular complexity index is 802. The van der Waals surface area contributed by atoms with Crippen molar-refractivity contribution in [1.82, 2.24) is 9.97 Å². The van der Waals surface area contributed by atoms with Gasteiger partial charge in [-0.15, -0.1) is 0 Å². The topological polar surface area (TPSA) is 61.0 Å². The number of methoxy groups -OCH3 is 1. The highest BCUT2D eigenvalue weighted by Crippen LogP contribution is 2.23. The van der Waals surface area contributed by atoms with Gasteiger partial charge < -0.3 is 10.5 Å². The maximum Gasteiger partial charge on any atom is 0.137 e. The summed E-state index contributed by atoms with van der Waals surface area (Å²) in [7, 11) is 1.65. The van der Waals surface area contributed by atoms with Gasteiger partial charge in [0.1, 0.15) is 11.6 Å². The molecule has 0 amide bonds. The first-order valence-electron chi connectivity index (χ1n) is 7.54. The van der Waals surface area contributed by atoms with Gasteiger partial charge in [-0.2, -0.15) is 0 Å². The number of aromatic nitrogens is 2. The lowest BCUT2D eigenvalue weighted by molar-refractivity contribution is 0.413. The summed E-state index contributed by atoms with van der Waals surface area (Å²) in [5.41, 5.74) is 10.2. The lowest BCUT2D eigenvalue weighted by Gasteiger charge is -2.07. The summed E-state index contributed by atoms with van der Waals surface area (Å²) < 4.78 is 5.24. The van der Waals surface area contributed by atoms with Crippen molar-refractivity contribution in [1.29, 1.82) is 0 Å². The van der Waals surface area contributed by atoms with Gasteiger partial charge >= 0.3 is 0 Å². The summed E-state index contributed by atoms with van der Waals surface area (Å²) in [6.07, 6.45) is 5.34. The zero-order chi connectivity index (χ0) is 16.1. The van der Waals surface area contributed by atoms with Gasteiger partial charge in [0.15, 0.2) is 0 Å². The minimum absolute atomic E-state index is 0.568. The molecule has 0 unspecified atom stereocenters. The molecule has 0 spiro atoms. The summed E-state index contributed by atoms with van der Waals surface area (Å²) in [6, 6.07) is 16.2. The zero-order valence-electron chi connectivity index (χ0n) is 13.1. The summed E-state index contributed by atoms with van der Waals surface area (Å²) in [6.45, 7) is 0. The van der Waals surface area contributed by atoms with Crippen molar-refractivity contribution in [2.24, 2.45) is 0 Å². The first-order valence-corrected chi connectivity index (χ1v) is 7.54. The van der Waals surface area contributed by atoms with Crippen LogP contribution in [0.3, 0.4) is 0 Å². The lowest BCUT2D eigenvalue weighted by Crippen LogP contribution is -1.97. The number of nitrogen functional groups attached to an aromatic ring is 1. The summed E-state index contributed by atoms with van der Waals surface area (Å²) >= 11 is 0. The van der Waals surface area contributed by atoms with Crippen molar-refractivity contribution >= 4 is 5.82 Å². The van der Waals surface area contributed by atoms with Crippen LogP contribution in [0, 0.1) is 0 Å². The fraction of sp³-hybridized carbons (Fsp3) is 0.158. The van der Waals surface area contributed by atoms with Crippen LogP contribution >= 0.6 is 0 Å². The fourth-order valence-electron chi connectivity index (χ4n) is 2.50. The van der Waals surface area contributed by atoms with Crippen molar-refractivity contribution in [3.63, 3.8) is 0 Å². The van der Waals surface area contributed by atoms with E-state index in [9.17, 15) is 0 Å². The van der Waals surface area contributed by atoms with E-state index in [1.807, 2.05) is 24.4 Å². The van der Waals surface area contributed by atoms with E-state index in [4.69, 9.17) is 10.5 Å². The van der Waals surface area contributed by atoms with Crippen LogP contribution in [-0.4, -0.2) is 17.1 Å². The van der Waals surface area contributed by atoms with Crippen LogP contribution in [0.4, 0.5) is 5.82 Å². The molecule has 0 atom stereocenters. The number of aryl methyl sites for hydroxylation is 2. The second-order valence-corrected chi connectivity index (χ2v) is 5.37. The maximum absolute atomic E-state index is 5.73. The van der Waals surface area contributed by atoms with E-state index >= 15 is 0 Å². The predicted molar refractivity (Wildman–Crippen MR) is 92.3 cm³/mol. The molecule has 1 aromatic carbocycles. The Hall–Kier alpha value is -2.88. The molecule has 116 valence electrons. The Morgan fingerprint density at radius 3 is 2.65 bits per heavy atom. The highest BCUT2D eigenvalue weighted by Gasteiger charge is 2.03. The lowest BCUT2D eigenvalue weighted by atomic mass is 10.0. The summed E-state index contributed by atoms with van der Waals surface area (Å²) in [5.74, 6) is 1.33. The van der Waals surface area contributed by atoms with Crippen molar-refractivity contribution in [3.05, 3.63) is 72.2 Å². The normalized spacial score (nSPS) is 10.5. The highest BCUT2D eigenvalue weighted by atomic mass is 16.5. The minimum Gasteiger partial charge on any atom is -0.495 e. The van der Waals surface area contributed by atoms with Crippen LogP contribution in [0.2, 0.25) is 0 Å². The van der Waals surface area contributed by atoms with Crippen molar-refractivity contribution in [3.8, 4) is 16.9 Å². The second kappa shape index (κ2) is 6.92. The van der Waals surface area contributed by atoms with Crippen LogP contribution in [0.1, 0.15) is 11.3 Å². The monoisotopic (exact) mass is 305 g/mol. The number of ether oxygens (including phenoxy) is 1. The smallest absolute Gasteiger partial charge is 0.137 e. The van der Waals surface area contributed by atoms with Gasteiger partial charge in [0.05, 0.1) is 13.3 Å². The molecule has 0 saturated carbocycles. The number of hydrogen-bond donors (Lipinski definition) is 1. The van der Waals surface area contributed by atoms with E-state index < -0.39 is 0 Å². The molecule has 4 nitrogen and oxygen atoms in total. The Morgan fingerprint density at radius 1 is 0.957 bits per heavy atom. The molecule has 3 aromatic rings. The number of nitrogens with two attached hydrogens (primary N) is 1. The molecule has 0 bridgehead atoms. The largest absolute Gasteiger partial charge is 0.495 e. The van der Waals surface area contributed by atoms with E-state index in [0.717, 1.165) is 35.4 Å². The molecule has 0 saturated heterocycles. The number of pyridine rings is 2. The number of anilines is 1. The first kappa shape index (κ1) is 15.0. The molecule has 2 aromatic heterocycles. The number of hydrogen-bond acceptors (Lipinski definition) is 4. The van der Waals surface area contributed by atoms with E-state index in [0.29, 0.717) is 5.82 Å². The molecule has 3 rings (SSSR count). The molecule has 0 aliphatic carbocycles. The third-order valence-electron chi connectivity index (χ3n) is 3.71. The molecule has 0 fully saturated rings. The van der Waals surface area contributed by atoms with E-state index in [1.165, 1.54) is 5.56 Å². The van der Waals surface area contributed by atoms with Crippen molar-refractivity contribution in [2.75, 3.05) is 12.8 Å². The molecule has 4 heteroatoms. The standard InChI is InChI=1S/C19H19N3O/c1-23-18-11-16(12-21-13-18)15-5-2-4-14(10-15)8-9-17-6-3-7-19(20)22-17/h2-7,10-13H,8-9H2,1H3,(H2,20,22). The Balaban J connectivity index is 1.77. The molecule has 2 N–H and O–H groups in total. The summed E-state index contributed by atoms with van der Waals surface area (Å²) in [4.78, 5) is 8.56. The Kier molecular flexibility index (Phi) is 4.52. The van der Waals surface area contributed by atoms with Crippen LogP contribution in [-0.2, 0) is 12.8 Å². The summed E-state index contributed by atoms with van der Waals surface area (Å²) in [5, 5.41) is 0. The second-order valence-electron chi connectivity index (χ2n) is 5.37. The third kappa shape index (κ3) is 3.86. The van der Waals surface area contributed by atoms with E-state index in [2.05, 4.69) is 34.2 Å². The molecular weight excluding hydrogens is 286 g/mol. The minimum atomic E-state index is 0.568. The van der Waals surface area contributed by atoms with Crippen molar-refractivity contribution < 1.29 is 4.74 Å². The first-order chi connectivity index (χ1) is 11.2. The molecule has 23 heavy (non-hydrogen) atoms. The quantitative estimate of drug-likeness (QED) is 0.783. The van der Waals surface area contributed by atoms with Gasteiger partial charge in [-0.05, 0) is 42.2 Å². The van der Waals surface area contributed by atoms with Crippen LogP contribution in [0.5, 0.6) is 5.75 Å². The SMILES string of the molecule is COc1cncc(-c2cccc(CCc3cccc(N)n3)c2)c1. The van der Waals surface area contributed by atoms with Crippen LogP contribution in [0.15, 0.2) is 60.9 Å². The predicted octanol–water partition coefficient (Wildman–Crippen LogP) is 3.52. The maximum atomic E-state index is 5.73. The van der Waals surface area contributed by atoms with Gasteiger partial charge in [-0.3, -0.25) is 4.98 Å². The van der Waals surface area contributed by atoms with Crippen LogP contribution < -0.4 is 10.5 Å². The number of benzene rings is 1. The fourth-order valence-corrected chi connectivity index (χ4v) is 2.50. The van der Waals surface area contributed by atoms with Crippen molar-refractivity contribution in [2.45, 2.75) is 12.8 Å². The van der Waals surface area contributed by atoms with Gasteiger partial charge in [0, 0.05) is 17.5 Å². The highest BCUT2D eigenvalue weighted by molar-refractivity contribution is 5.64. The number of rotatable bonds is 5. The zero-order valence-corrected chi connectivity index (χ0v) is 13.1. The number of nitrogens with zero attached hydrogens (tertiary/aromatic N) is 2. The van der Waals surface area contributed by atoms with Gasteiger partial charge in [-0.1, -0.05) is 30.3 Å². The molecule has 0 radical (unpaired) electrons. The van der Waals surface area contributed by atoms with E-state index in [-0.39, 0.29) is 0 Å².